The van der Waals surface area contributed by atoms with Crippen LogP contribution in [0.4, 0.5) is 4.79 Å². The van der Waals surface area contributed by atoms with Crippen molar-refractivity contribution < 1.29 is 9.53 Å². The first-order valence-electron chi connectivity index (χ1n) is 4.07. The number of ether oxygens (including phenoxy) is 1. The highest BCUT2D eigenvalue weighted by molar-refractivity contribution is 5.67. The highest BCUT2D eigenvalue weighted by Gasteiger charge is 2.09. The summed E-state index contributed by atoms with van der Waals surface area (Å²) in [4.78, 5) is 10.8. The molecule has 0 rings (SSSR count). The zero-order valence-electron chi connectivity index (χ0n) is 7.46. The smallest absolute Gasteiger partial charge is 0.408 e. The summed E-state index contributed by atoms with van der Waals surface area (Å²) in [7, 11) is 0. The van der Waals surface area contributed by atoms with Crippen molar-refractivity contribution in [2.45, 2.75) is 32.7 Å². The largest absolute Gasteiger partial charge is 0.450 e. The van der Waals surface area contributed by atoms with Gasteiger partial charge < -0.3 is 10.1 Å². The van der Waals surface area contributed by atoms with Gasteiger partial charge in [0.25, 0.3) is 0 Å². The van der Waals surface area contributed by atoms with Crippen molar-refractivity contribution in [3.63, 3.8) is 0 Å². The van der Waals surface area contributed by atoms with E-state index in [1.54, 1.807) is 6.92 Å². The molecule has 0 radical (unpaired) electrons. The summed E-state index contributed by atoms with van der Waals surface area (Å²) in [6.45, 7) is 4.01. The van der Waals surface area contributed by atoms with Crippen molar-refractivity contribution >= 4 is 6.09 Å². The standard InChI is InChI=1S/C8H14N2O2/c1-3-5-7(6-9)10-8(11)12-4-2/h7H,3-5H2,1-2H3,(H,10,11). The predicted molar refractivity (Wildman–Crippen MR) is 44.5 cm³/mol. The van der Waals surface area contributed by atoms with Crippen molar-refractivity contribution in [1.82, 2.24) is 5.32 Å². The molecule has 1 atom stereocenters. The topological polar surface area (TPSA) is 62.1 Å². The van der Waals surface area contributed by atoms with Crippen LogP contribution in [0.2, 0.25) is 0 Å². The van der Waals surface area contributed by atoms with Gasteiger partial charge in [-0.3, -0.25) is 0 Å². The fourth-order valence-corrected chi connectivity index (χ4v) is 0.773. The van der Waals surface area contributed by atoms with Gasteiger partial charge in [-0.1, -0.05) is 13.3 Å². The number of nitriles is 1. The number of carbonyl (C=O) groups excluding carboxylic acids is 1. The number of hydrogen-bond acceptors (Lipinski definition) is 3. The molecule has 1 amide bonds. The van der Waals surface area contributed by atoms with E-state index in [1.165, 1.54) is 0 Å². The van der Waals surface area contributed by atoms with Crippen LogP contribution in [0.3, 0.4) is 0 Å². The lowest BCUT2D eigenvalue weighted by atomic mass is 10.2. The molecule has 4 heteroatoms. The molecule has 12 heavy (non-hydrogen) atoms. The fourth-order valence-electron chi connectivity index (χ4n) is 0.773. The first-order valence-corrected chi connectivity index (χ1v) is 4.07. The molecule has 0 saturated heterocycles. The molecular formula is C8H14N2O2. The van der Waals surface area contributed by atoms with Gasteiger partial charge in [-0.15, -0.1) is 0 Å². The maximum Gasteiger partial charge on any atom is 0.408 e. The number of carbonyl (C=O) groups is 1. The molecule has 1 N–H and O–H groups in total. The molecule has 0 saturated carbocycles. The van der Waals surface area contributed by atoms with E-state index in [0.717, 1.165) is 6.42 Å². The second-order valence-corrected chi connectivity index (χ2v) is 2.34. The average Bonchev–Trinajstić information content (AvgIpc) is 2.04. The van der Waals surface area contributed by atoms with Crippen molar-refractivity contribution in [2.24, 2.45) is 0 Å². The van der Waals surface area contributed by atoms with Crippen LogP contribution in [-0.4, -0.2) is 18.7 Å². The highest BCUT2D eigenvalue weighted by Crippen LogP contribution is 1.94. The zero-order chi connectivity index (χ0) is 9.40. The summed E-state index contributed by atoms with van der Waals surface area (Å²) < 4.78 is 4.62. The quantitative estimate of drug-likeness (QED) is 0.694. The molecule has 0 spiro atoms. The number of alkyl carbamates (subject to hydrolysis) is 1. The Balaban J connectivity index is 3.71. The molecule has 4 nitrogen and oxygen atoms in total. The van der Waals surface area contributed by atoms with Crippen LogP contribution >= 0.6 is 0 Å². The Hall–Kier alpha value is -1.24. The summed E-state index contributed by atoms with van der Waals surface area (Å²) in [5.41, 5.74) is 0. The number of amides is 1. The lowest BCUT2D eigenvalue weighted by molar-refractivity contribution is 0.150. The Morgan fingerprint density at radius 3 is 2.75 bits per heavy atom. The van der Waals surface area contributed by atoms with E-state index in [1.807, 2.05) is 13.0 Å². The molecule has 0 aliphatic heterocycles. The van der Waals surface area contributed by atoms with Gasteiger partial charge in [0.05, 0.1) is 12.7 Å². The minimum absolute atomic E-state index is 0.329. The molecule has 0 aromatic rings. The van der Waals surface area contributed by atoms with E-state index in [2.05, 4.69) is 10.1 Å². The first-order chi connectivity index (χ1) is 5.74. The lowest BCUT2D eigenvalue weighted by Crippen LogP contribution is -2.34. The molecule has 1 unspecified atom stereocenters. The van der Waals surface area contributed by atoms with Crippen molar-refractivity contribution in [1.29, 1.82) is 5.26 Å². The van der Waals surface area contributed by atoms with Gasteiger partial charge in [-0.2, -0.15) is 5.26 Å². The fraction of sp³-hybridized carbons (Fsp3) is 0.750. The predicted octanol–water partition coefficient (Wildman–Crippen LogP) is 1.42. The average molecular weight is 170 g/mol. The Labute approximate surface area is 72.5 Å². The normalized spacial score (nSPS) is 11.4. The first kappa shape index (κ1) is 10.8. The van der Waals surface area contributed by atoms with Crippen molar-refractivity contribution in [3.05, 3.63) is 0 Å². The lowest BCUT2D eigenvalue weighted by Gasteiger charge is -2.09. The molecule has 68 valence electrons. The van der Waals surface area contributed by atoms with E-state index in [4.69, 9.17) is 5.26 Å². The summed E-state index contributed by atoms with van der Waals surface area (Å²) in [5.74, 6) is 0. The van der Waals surface area contributed by atoms with Crippen LogP contribution < -0.4 is 5.32 Å². The minimum atomic E-state index is -0.516. The Morgan fingerprint density at radius 1 is 1.67 bits per heavy atom. The van der Waals surface area contributed by atoms with Crippen LogP contribution in [0.15, 0.2) is 0 Å². The molecule has 0 fully saturated rings. The number of rotatable bonds is 4. The molecule has 0 aliphatic rings. The third-order valence-corrected chi connectivity index (χ3v) is 1.30. The van der Waals surface area contributed by atoms with E-state index in [0.29, 0.717) is 13.0 Å². The molecule has 0 aromatic heterocycles. The molecular weight excluding hydrogens is 156 g/mol. The van der Waals surface area contributed by atoms with Crippen LogP contribution in [0.1, 0.15) is 26.7 Å². The monoisotopic (exact) mass is 170 g/mol. The highest BCUT2D eigenvalue weighted by atomic mass is 16.5. The summed E-state index contributed by atoms with van der Waals surface area (Å²) in [6.07, 6.45) is 1.01. The molecule has 0 aromatic carbocycles. The zero-order valence-corrected chi connectivity index (χ0v) is 7.46. The molecule has 0 bridgehead atoms. The third kappa shape index (κ3) is 4.56. The van der Waals surface area contributed by atoms with Crippen LogP contribution in [0.5, 0.6) is 0 Å². The molecule has 0 aliphatic carbocycles. The maximum absolute atomic E-state index is 10.8. The number of nitrogens with one attached hydrogen (secondary N) is 1. The summed E-state index contributed by atoms with van der Waals surface area (Å²) >= 11 is 0. The molecule has 0 heterocycles. The van der Waals surface area contributed by atoms with Gasteiger partial charge in [0.1, 0.15) is 6.04 Å². The van der Waals surface area contributed by atoms with Gasteiger partial charge in [-0.05, 0) is 13.3 Å². The number of nitrogens with zero attached hydrogens (tertiary/aromatic N) is 1. The van der Waals surface area contributed by atoms with Crippen molar-refractivity contribution in [2.75, 3.05) is 6.61 Å². The maximum atomic E-state index is 10.8. The van der Waals surface area contributed by atoms with E-state index < -0.39 is 12.1 Å². The Morgan fingerprint density at radius 2 is 2.33 bits per heavy atom. The van der Waals surface area contributed by atoms with Gasteiger partial charge >= 0.3 is 6.09 Å². The Bertz CT molecular complexity index is 174. The number of hydrogen-bond donors (Lipinski definition) is 1. The van der Waals surface area contributed by atoms with Crippen LogP contribution in [-0.2, 0) is 4.74 Å². The van der Waals surface area contributed by atoms with Gasteiger partial charge in [0, 0.05) is 0 Å². The third-order valence-electron chi connectivity index (χ3n) is 1.30. The SMILES string of the molecule is CCCC(C#N)NC(=O)OCC. The van der Waals surface area contributed by atoms with Crippen LogP contribution in [0.25, 0.3) is 0 Å². The second kappa shape index (κ2) is 6.47. The van der Waals surface area contributed by atoms with Gasteiger partial charge in [0.2, 0.25) is 0 Å². The van der Waals surface area contributed by atoms with Crippen LogP contribution in [0, 0.1) is 11.3 Å². The van der Waals surface area contributed by atoms with E-state index in [9.17, 15) is 4.79 Å². The van der Waals surface area contributed by atoms with E-state index in [-0.39, 0.29) is 0 Å². The van der Waals surface area contributed by atoms with Crippen molar-refractivity contribution in [3.8, 4) is 6.07 Å². The summed E-state index contributed by atoms with van der Waals surface area (Å²) in [6, 6.07) is 1.56. The van der Waals surface area contributed by atoms with E-state index >= 15 is 0 Å². The second-order valence-electron chi connectivity index (χ2n) is 2.34. The minimum Gasteiger partial charge on any atom is -0.450 e. The Kier molecular flexibility index (Phi) is 5.80. The van der Waals surface area contributed by atoms with Gasteiger partial charge in [0.15, 0.2) is 0 Å². The summed E-state index contributed by atoms with van der Waals surface area (Å²) in [5, 5.41) is 11.0. The van der Waals surface area contributed by atoms with Gasteiger partial charge in [-0.25, -0.2) is 4.79 Å².